The van der Waals surface area contributed by atoms with Crippen LogP contribution in [-0.4, -0.2) is 9.55 Å². The molecular formula is C8H6ClFN2. The summed E-state index contributed by atoms with van der Waals surface area (Å²) in [6.07, 6.45) is 1.38. The molecule has 0 saturated carbocycles. The minimum absolute atomic E-state index is 0.267. The van der Waals surface area contributed by atoms with Crippen LogP contribution in [0.2, 0.25) is 5.15 Å². The summed E-state index contributed by atoms with van der Waals surface area (Å²) in [4.78, 5) is 3.98. The second-order valence-corrected chi connectivity index (χ2v) is 2.98. The SMILES string of the molecule is Cn1cc(F)c2ccc(Cl)nc21. The fourth-order valence-electron chi connectivity index (χ4n) is 1.18. The van der Waals surface area contributed by atoms with Gasteiger partial charge in [-0.1, -0.05) is 11.6 Å². The molecule has 0 aliphatic rings. The van der Waals surface area contributed by atoms with Crippen LogP contribution in [0.15, 0.2) is 18.3 Å². The van der Waals surface area contributed by atoms with Crippen LogP contribution in [-0.2, 0) is 7.05 Å². The number of nitrogens with zero attached hydrogens (tertiary/aromatic N) is 2. The molecule has 0 amide bonds. The van der Waals surface area contributed by atoms with Crippen molar-refractivity contribution in [2.24, 2.45) is 7.05 Å². The van der Waals surface area contributed by atoms with Crippen molar-refractivity contribution in [2.45, 2.75) is 0 Å². The summed E-state index contributed by atoms with van der Waals surface area (Å²) in [5.41, 5.74) is 0.569. The first-order chi connectivity index (χ1) is 5.68. The molecule has 0 saturated heterocycles. The maximum Gasteiger partial charge on any atom is 0.150 e. The average molecular weight is 185 g/mol. The molecule has 62 valence electrons. The molecule has 2 aromatic heterocycles. The van der Waals surface area contributed by atoms with E-state index in [0.29, 0.717) is 16.2 Å². The highest BCUT2D eigenvalue weighted by Gasteiger charge is 2.06. The van der Waals surface area contributed by atoms with Gasteiger partial charge in [-0.2, -0.15) is 0 Å². The van der Waals surface area contributed by atoms with E-state index in [2.05, 4.69) is 4.98 Å². The molecule has 2 heterocycles. The van der Waals surface area contributed by atoms with E-state index in [0.717, 1.165) is 0 Å². The maximum absolute atomic E-state index is 13.0. The molecule has 0 fully saturated rings. The van der Waals surface area contributed by atoms with Gasteiger partial charge in [0.2, 0.25) is 0 Å². The highest BCUT2D eigenvalue weighted by atomic mass is 35.5. The monoisotopic (exact) mass is 184 g/mol. The van der Waals surface area contributed by atoms with Crippen LogP contribution in [0.3, 0.4) is 0 Å². The van der Waals surface area contributed by atoms with Crippen LogP contribution in [0, 0.1) is 5.82 Å². The Morgan fingerprint density at radius 2 is 2.25 bits per heavy atom. The molecule has 0 aromatic carbocycles. The molecule has 0 unspecified atom stereocenters. The van der Waals surface area contributed by atoms with E-state index >= 15 is 0 Å². The highest BCUT2D eigenvalue weighted by molar-refractivity contribution is 6.29. The van der Waals surface area contributed by atoms with E-state index in [4.69, 9.17) is 11.6 Å². The van der Waals surface area contributed by atoms with E-state index in [9.17, 15) is 4.39 Å². The second-order valence-electron chi connectivity index (χ2n) is 2.59. The molecule has 0 N–H and O–H groups in total. The van der Waals surface area contributed by atoms with Gasteiger partial charge in [0.1, 0.15) is 16.6 Å². The van der Waals surface area contributed by atoms with Crippen molar-refractivity contribution in [1.82, 2.24) is 9.55 Å². The Balaban J connectivity index is 2.90. The molecule has 2 nitrogen and oxygen atoms in total. The third kappa shape index (κ3) is 0.975. The van der Waals surface area contributed by atoms with E-state index < -0.39 is 0 Å². The predicted octanol–water partition coefficient (Wildman–Crippen LogP) is 2.37. The first kappa shape index (κ1) is 7.55. The van der Waals surface area contributed by atoms with Crippen LogP contribution in [0.4, 0.5) is 4.39 Å². The number of aromatic nitrogens is 2. The zero-order chi connectivity index (χ0) is 8.72. The fourth-order valence-corrected chi connectivity index (χ4v) is 1.32. The van der Waals surface area contributed by atoms with Gasteiger partial charge < -0.3 is 4.57 Å². The Bertz CT molecular complexity index is 436. The number of aryl methyl sites for hydroxylation is 1. The molecule has 0 aliphatic heterocycles. The number of pyridine rings is 1. The molecule has 4 heteroatoms. The van der Waals surface area contributed by atoms with Crippen molar-refractivity contribution in [3.63, 3.8) is 0 Å². The lowest BCUT2D eigenvalue weighted by Gasteiger charge is -1.93. The number of fused-ring (bicyclic) bond motifs is 1. The summed E-state index contributed by atoms with van der Waals surface area (Å²) in [6, 6.07) is 3.20. The molecule has 0 aliphatic carbocycles. The van der Waals surface area contributed by atoms with Crippen molar-refractivity contribution < 1.29 is 4.39 Å². The summed E-state index contributed by atoms with van der Waals surface area (Å²) in [5, 5.41) is 0.880. The van der Waals surface area contributed by atoms with Crippen molar-refractivity contribution in [3.05, 3.63) is 29.3 Å². The highest BCUT2D eigenvalue weighted by Crippen LogP contribution is 2.19. The van der Waals surface area contributed by atoms with Crippen LogP contribution in [0.1, 0.15) is 0 Å². The Morgan fingerprint density at radius 1 is 1.50 bits per heavy atom. The summed E-state index contributed by atoms with van der Waals surface area (Å²) >= 11 is 5.65. The Labute approximate surface area is 73.6 Å². The first-order valence-electron chi connectivity index (χ1n) is 3.45. The Hall–Kier alpha value is -1.09. The third-order valence-corrected chi connectivity index (χ3v) is 1.95. The van der Waals surface area contributed by atoms with Crippen LogP contribution in [0.5, 0.6) is 0 Å². The standard InChI is InChI=1S/C8H6ClFN2/c1-12-4-6(10)5-2-3-7(9)11-8(5)12/h2-4H,1H3. The van der Waals surface area contributed by atoms with Gasteiger partial charge >= 0.3 is 0 Å². The zero-order valence-electron chi connectivity index (χ0n) is 6.38. The molecule has 0 atom stereocenters. The largest absolute Gasteiger partial charge is 0.333 e. The lowest BCUT2D eigenvalue weighted by Crippen LogP contribution is -1.86. The van der Waals surface area contributed by atoms with E-state index in [1.807, 2.05) is 0 Å². The predicted molar refractivity (Wildman–Crippen MR) is 45.7 cm³/mol. The lowest BCUT2D eigenvalue weighted by atomic mass is 10.3. The van der Waals surface area contributed by atoms with Crippen molar-refractivity contribution in [1.29, 1.82) is 0 Å². The zero-order valence-corrected chi connectivity index (χ0v) is 7.14. The van der Waals surface area contributed by atoms with E-state index in [1.165, 1.54) is 6.20 Å². The van der Waals surface area contributed by atoms with Gasteiger partial charge in [-0.25, -0.2) is 9.37 Å². The summed E-state index contributed by atoms with van der Waals surface area (Å²) in [6.45, 7) is 0. The molecule has 2 aromatic rings. The van der Waals surface area contributed by atoms with E-state index in [-0.39, 0.29) is 5.82 Å². The van der Waals surface area contributed by atoms with Crippen molar-refractivity contribution in [2.75, 3.05) is 0 Å². The number of halogens is 2. The maximum atomic E-state index is 13.0. The molecule has 2 rings (SSSR count). The molecule has 12 heavy (non-hydrogen) atoms. The molecule has 0 spiro atoms. The number of hydrogen-bond acceptors (Lipinski definition) is 1. The summed E-state index contributed by atoms with van der Waals surface area (Å²) < 4.78 is 14.6. The lowest BCUT2D eigenvalue weighted by molar-refractivity contribution is 0.633. The topological polar surface area (TPSA) is 17.8 Å². The van der Waals surface area contributed by atoms with Gasteiger partial charge in [0.25, 0.3) is 0 Å². The minimum Gasteiger partial charge on any atom is -0.333 e. The van der Waals surface area contributed by atoms with Crippen LogP contribution in [0.25, 0.3) is 11.0 Å². The van der Waals surface area contributed by atoms with Gasteiger partial charge in [0.05, 0.1) is 5.39 Å². The number of hydrogen-bond donors (Lipinski definition) is 0. The quantitative estimate of drug-likeness (QED) is 0.575. The van der Waals surface area contributed by atoms with Crippen LogP contribution < -0.4 is 0 Å². The summed E-state index contributed by atoms with van der Waals surface area (Å²) in [7, 11) is 1.73. The van der Waals surface area contributed by atoms with Gasteiger partial charge in [0.15, 0.2) is 0 Å². The van der Waals surface area contributed by atoms with Gasteiger partial charge in [-0.15, -0.1) is 0 Å². The van der Waals surface area contributed by atoms with Gasteiger partial charge in [-0.05, 0) is 12.1 Å². The molecular weight excluding hydrogens is 179 g/mol. The molecule has 0 radical (unpaired) electrons. The van der Waals surface area contributed by atoms with Crippen LogP contribution >= 0.6 is 11.6 Å². The minimum atomic E-state index is -0.267. The van der Waals surface area contributed by atoms with Gasteiger partial charge in [0, 0.05) is 13.2 Å². The Kier molecular flexibility index (Phi) is 1.54. The second kappa shape index (κ2) is 2.45. The smallest absolute Gasteiger partial charge is 0.150 e. The average Bonchev–Trinajstić information content (AvgIpc) is 2.28. The fraction of sp³-hybridized carbons (Fsp3) is 0.125. The Morgan fingerprint density at radius 3 is 3.00 bits per heavy atom. The normalized spacial score (nSPS) is 10.9. The molecule has 0 bridgehead atoms. The van der Waals surface area contributed by atoms with Gasteiger partial charge in [-0.3, -0.25) is 0 Å². The van der Waals surface area contributed by atoms with Crippen molar-refractivity contribution >= 4 is 22.6 Å². The van der Waals surface area contributed by atoms with E-state index in [1.54, 1.807) is 23.7 Å². The first-order valence-corrected chi connectivity index (χ1v) is 3.83. The number of rotatable bonds is 0. The third-order valence-electron chi connectivity index (χ3n) is 1.74. The van der Waals surface area contributed by atoms with Crippen molar-refractivity contribution in [3.8, 4) is 0 Å². The summed E-state index contributed by atoms with van der Waals surface area (Å²) in [5.74, 6) is -0.267.